The van der Waals surface area contributed by atoms with Crippen LogP contribution in [0.3, 0.4) is 0 Å². The van der Waals surface area contributed by atoms with E-state index in [0.29, 0.717) is 5.28 Å². The topological polar surface area (TPSA) is 48.5 Å². The second kappa shape index (κ2) is 4.02. The summed E-state index contributed by atoms with van der Waals surface area (Å²) in [6, 6.07) is 0. The molecule has 0 aliphatic rings. The quantitative estimate of drug-likeness (QED) is 0.799. The highest BCUT2D eigenvalue weighted by Gasteiger charge is 2.11. The van der Waals surface area contributed by atoms with Gasteiger partial charge in [0.25, 0.3) is 0 Å². The minimum atomic E-state index is 0.377. The van der Waals surface area contributed by atoms with Crippen molar-refractivity contribution in [2.24, 2.45) is 0 Å². The maximum atomic E-state index is 5.96. The van der Waals surface area contributed by atoms with Crippen LogP contribution < -0.4 is 0 Å². The second-order valence-electron chi connectivity index (χ2n) is 3.13. The number of hydrogen-bond donors (Lipinski definition) is 0. The normalized spacial score (nSPS) is 10.9. The summed E-state index contributed by atoms with van der Waals surface area (Å²) in [5.41, 5.74) is 0.906. The molecule has 0 aromatic carbocycles. The first-order valence-electron chi connectivity index (χ1n) is 4.88. The van der Waals surface area contributed by atoms with E-state index in [1.54, 1.807) is 10.8 Å². The molecule has 0 N–H and O–H groups in total. The number of nitrogens with zero attached hydrogens (tertiary/aromatic N) is 5. The third kappa shape index (κ3) is 1.74. The van der Waals surface area contributed by atoms with Crippen LogP contribution in [0.1, 0.15) is 19.7 Å². The molecule has 2 aromatic rings. The standard InChI is InChI=1S/C9H12ClN5/c1-3-8-12-13-9(10)15(8)7-5-11-14(4-2)6-7/h5-6H,3-4H2,1-2H3. The molecule has 80 valence electrons. The van der Waals surface area contributed by atoms with E-state index in [9.17, 15) is 0 Å². The molecule has 0 atom stereocenters. The average molecular weight is 226 g/mol. The van der Waals surface area contributed by atoms with Gasteiger partial charge in [-0.3, -0.25) is 9.25 Å². The molecule has 15 heavy (non-hydrogen) atoms. The van der Waals surface area contributed by atoms with E-state index in [1.165, 1.54) is 0 Å². The number of halogens is 1. The lowest BCUT2D eigenvalue weighted by molar-refractivity contribution is 0.659. The first-order chi connectivity index (χ1) is 7.26. The summed E-state index contributed by atoms with van der Waals surface area (Å²) < 4.78 is 3.64. The van der Waals surface area contributed by atoms with Crippen LogP contribution in [-0.2, 0) is 13.0 Å². The zero-order valence-corrected chi connectivity index (χ0v) is 9.44. The van der Waals surface area contributed by atoms with Gasteiger partial charge in [-0.1, -0.05) is 6.92 Å². The molecule has 0 spiro atoms. The van der Waals surface area contributed by atoms with Crippen LogP contribution in [0.15, 0.2) is 12.4 Å². The van der Waals surface area contributed by atoms with E-state index in [1.807, 2.05) is 24.7 Å². The Morgan fingerprint density at radius 2 is 2.13 bits per heavy atom. The molecule has 0 radical (unpaired) electrons. The molecule has 0 amide bonds. The maximum Gasteiger partial charge on any atom is 0.229 e. The van der Waals surface area contributed by atoms with E-state index < -0.39 is 0 Å². The van der Waals surface area contributed by atoms with Gasteiger partial charge in [-0.05, 0) is 18.5 Å². The fourth-order valence-corrected chi connectivity index (χ4v) is 1.65. The van der Waals surface area contributed by atoms with Gasteiger partial charge in [-0.15, -0.1) is 10.2 Å². The highest BCUT2D eigenvalue weighted by atomic mass is 35.5. The summed E-state index contributed by atoms with van der Waals surface area (Å²) >= 11 is 5.96. The van der Waals surface area contributed by atoms with Gasteiger partial charge in [0.2, 0.25) is 5.28 Å². The van der Waals surface area contributed by atoms with Gasteiger partial charge >= 0.3 is 0 Å². The molecule has 0 fully saturated rings. The first kappa shape index (κ1) is 10.2. The van der Waals surface area contributed by atoms with Crippen LogP contribution in [0.2, 0.25) is 5.28 Å². The van der Waals surface area contributed by atoms with Crippen molar-refractivity contribution >= 4 is 11.6 Å². The minimum absolute atomic E-state index is 0.377. The van der Waals surface area contributed by atoms with Crippen LogP contribution >= 0.6 is 11.6 Å². The van der Waals surface area contributed by atoms with Gasteiger partial charge in [-0.2, -0.15) is 5.10 Å². The van der Waals surface area contributed by atoms with Crippen LogP contribution in [0.4, 0.5) is 0 Å². The van der Waals surface area contributed by atoms with Gasteiger partial charge in [0.05, 0.1) is 11.9 Å². The summed E-state index contributed by atoms with van der Waals surface area (Å²) in [5, 5.41) is 12.4. The van der Waals surface area contributed by atoms with Gasteiger partial charge in [0.15, 0.2) is 0 Å². The molecule has 0 aliphatic heterocycles. The van der Waals surface area contributed by atoms with Crippen molar-refractivity contribution in [1.29, 1.82) is 0 Å². The molecule has 5 nitrogen and oxygen atoms in total. The Balaban J connectivity index is 2.47. The summed E-state index contributed by atoms with van der Waals surface area (Å²) in [4.78, 5) is 0. The van der Waals surface area contributed by atoms with Crippen molar-refractivity contribution < 1.29 is 0 Å². The van der Waals surface area contributed by atoms with Gasteiger partial charge < -0.3 is 0 Å². The highest BCUT2D eigenvalue weighted by Crippen LogP contribution is 2.16. The van der Waals surface area contributed by atoms with E-state index >= 15 is 0 Å². The van der Waals surface area contributed by atoms with Crippen molar-refractivity contribution in [1.82, 2.24) is 24.5 Å². The SMILES string of the molecule is CCc1nnc(Cl)n1-c1cnn(CC)c1. The molecule has 6 heteroatoms. The molecular weight excluding hydrogens is 214 g/mol. The number of hydrogen-bond acceptors (Lipinski definition) is 3. The zero-order chi connectivity index (χ0) is 10.8. The van der Waals surface area contributed by atoms with Gasteiger partial charge in [-0.25, -0.2) is 0 Å². The monoisotopic (exact) mass is 225 g/mol. The van der Waals surface area contributed by atoms with Crippen LogP contribution in [0, 0.1) is 0 Å². The molecular formula is C9H12ClN5. The summed E-state index contributed by atoms with van der Waals surface area (Å²) in [5.74, 6) is 0.843. The molecule has 0 saturated heterocycles. The van der Waals surface area contributed by atoms with Gasteiger partial charge in [0.1, 0.15) is 5.82 Å². The Bertz CT molecular complexity index is 459. The average Bonchev–Trinajstić information content (AvgIpc) is 2.83. The molecule has 2 heterocycles. The lowest BCUT2D eigenvalue weighted by Crippen LogP contribution is -1.99. The summed E-state index contributed by atoms with van der Waals surface area (Å²) in [6.07, 6.45) is 4.48. The lowest BCUT2D eigenvalue weighted by Gasteiger charge is -2.01. The minimum Gasteiger partial charge on any atom is -0.271 e. The zero-order valence-electron chi connectivity index (χ0n) is 8.68. The van der Waals surface area contributed by atoms with E-state index in [-0.39, 0.29) is 0 Å². The Kier molecular flexibility index (Phi) is 2.73. The van der Waals surface area contributed by atoms with Gasteiger partial charge in [0, 0.05) is 19.2 Å². The van der Waals surface area contributed by atoms with Crippen molar-refractivity contribution in [3.8, 4) is 5.69 Å². The smallest absolute Gasteiger partial charge is 0.229 e. The Morgan fingerprint density at radius 3 is 2.73 bits per heavy atom. The largest absolute Gasteiger partial charge is 0.271 e. The van der Waals surface area contributed by atoms with Crippen molar-refractivity contribution in [2.75, 3.05) is 0 Å². The maximum absolute atomic E-state index is 5.96. The number of aromatic nitrogens is 5. The van der Waals surface area contributed by atoms with E-state index in [0.717, 1.165) is 24.5 Å². The second-order valence-corrected chi connectivity index (χ2v) is 3.47. The lowest BCUT2D eigenvalue weighted by atomic mass is 10.4. The Labute approximate surface area is 92.7 Å². The molecule has 0 bridgehead atoms. The Hall–Kier alpha value is -1.36. The summed E-state index contributed by atoms with van der Waals surface area (Å²) in [6.45, 7) is 4.88. The van der Waals surface area contributed by atoms with Crippen LogP contribution in [0.5, 0.6) is 0 Å². The number of rotatable bonds is 3. The predicted octanol–water partition coefficient (Wildman–Crippen LogP) is 1.70. The molecule has 0 saturated carbocycles. The van der Waals surface area contributed by atoms with Crippen LogP contribution in [-0.4, -0.2) is 24.5 Å². The molecule has 0 aliphatic carbocycles. The van der Waals surface area contributed by atoms with Crippen molar-refractivity contribution in [3.63, 3.8) is 0 Å². The Morgan fingerprint density at radius 1 is 1.33 bits per heavy atom. The summed E-state index contributed by atoms with van der Waals surface area (Å²) in [7, 11) is 0. The third-order valence-corrected chi connectivity index (χ3v) is 2.45. The van der Waals surface area contributed by atoms with E-state index in [4.69, 9.17) is 11.6 Å². The van der Waals surface area contributed by atoms with E-state index in [2.05, 4.69) is 15.3 Å². The predicted molar refractivity (Wildman–Crippen MR) is 57.2 cm³/mol. The molecule has 0 unspecified atom stereocenters. The fourth-order valence-electron chi connectivity index (χ4n) is 1.42. The molecule has 2 aromatic heterocycles. The van der Waals surface area contributed by atoms with Crippen LogP contribution in [0.25, 0.3) is 5.69 Å². The van der Waals surface area contributed by atoms with Crippen molar-refractivity contribution in [3.05, 3.63) is 23.5 Å². The first-order valence-corrected chi connectivity index (χ1v) is 5.26. The highest BCUT2D eigenvalue weighted by molar-refractivity contribution is 6.28. The number of aryl methyl sites for hydroxylation is 2. The third-order valence-electron chi connectivity index (χ3n) is 2.21. The van der Waals surface area contributed by atoms with Crippen molar-refractivity contribution in [2.45, 2.75) is 26.8 Å². The molecule has 2 rings (SSSR count). The fraction of sp³-hybridized carbons (Fsp3) is 0.444.